The van der Waals surface area contributed by atoms with Gasteiger partial charge in [0.1, 0.15) is 11.9 Å². The van der Waals surface area contributed by atoms with E-state index >= 15 is 0 Å². The van der Waals surface area contributed by atoms with Crippen LogP contribution in [0.1, 0.15) is 0 Å². The third-order valence-corrected chi connectivity index (χ3v) is 5.48. The first-order chi connectivity index (χ1) is 13.7. The van der Waals surface area contributed by atoms with Crippen LogP contribution in [0.25, 0.3) is 22.2 Å². The van der Waals surface area contributed by atoms with Crippen molar-refractivity contribution in [3.63, 3.8) is 0 Å². The second-order valence-electron chi connectivity index (χ2n) is 6.98. The number of fused-ring (bicyclic) bond motifs is 2. The summed E-state index contributed by atoms with van der Waals surface area (Å²) in [5, 5.41) is 17.0. The molecule has 3 aromatic rings. The van der Waals surface area contributed by atoms with Gasteiger partial charge in [-0.2, -0.15) is 10.4 Å². The fraction of sp³-hybridized carbons (Fsp3) is 0.316. The van der Waals surface area contributed by atoms with Crippen molar-refractivity contribution < 1.29 is 4.79 Å². The highest BCUT2D eigenvalue weighted by atomic mass is 16.2. The molecule has 5 heterocycles. The summed E-state index contributed by atoms with van der Waals surface area (Å²) in [6.45, 7) is 3.27. The van der Waals surface area contributed by atoms with Gasteiger partial charge in [0.25, 0.3) is 0 Å². The molecular formula is C19H18N8O. The quantitative estimate of drug-likeness (QED) is 0.663. The lowest BCUT2D eigenvalue weighted by molar-refractivity contribution is -0.127. The number of amides is 1. The Morgan fingerprint density at radius 1 is 1.11 bits per heavy atom. The van der Waals surface area contributed by atoms with E-state index in [0.29, 0.717) is 25.5 Å². The highest BCUT2D eigenvalue weighted by molar-refractivity contribution is 5.98. The van der Waals surface area contributed by atoms with Gasteiger partial charge in [-0.15, -0.1) is 0 Å². The molecule has 2 fully saturated rings. The van der Waals surface area contributed by atoms with E-state index in [1.807, 2.05) is 18.2 Å². The van der Waals surface area contributed by atoms with E-state index in [1.165, 1.54) is 0 Å². The topological polar surface area (TPSA) is 105 Å². The minimum Gasteiger partial charge on any atom is -0.307 e. The molecule has 2 aliphatic rings. The highest BCUT2D eigenvalue weighted by Gasteiger charge is 2.39. The van der Waals surface area contributed by atoms with Gasteiger partial charge >= 0.3 is 0 Å². The lowest BCUT2D eigenvalue weighted by atomic mass is 10.1. The van der Waals surface area contributed by atoms with Crippen LogP contribution >= 0.6 is 0 Å². The van der Waals surface area contributed by atoms with Crippen LogP contribution in [0.3, 0.4) is 0 Å². The van der Waals surface area contributed by atoms with E-state index in [0.717, 1.165) is 35.2 Å². The van der Waals surface area contributed by atoms with Crippen LogP contribution < -0.4 is 4.90 Å². The molecule has 9 heteroatoms. The third kappa shape index (κ3) is 2.66. The maximum Gasteiger partial charge on any atom is 0.247 e. The van der Waals surface area contributed by atoms with Gasteiger partial charge in [0.15, 0.2) is 11.8 Å². The molecule has 1 amide bonds. The molecule has 0 radical (unpaired) electrons. The van der Waals surface area contributed by atoms with Crippen molar-refractivity contribution in [2.24, 2.45) is 0 Å². The highest BCUT2D eigenvalue weighted by Crippen LogP contribution is 2.28. The van der Waals surface area contributed by atoms with Gasteiger partial charge in [0.05, 0.1) is 12.7 Å². The lowest BCUT2D eigenvalue weighted by Gasteiger charge is -2.44. The number of nitrogens with zero attached hydrogens (tertiary/aromatic N) is 7. The second kappa shape index (κ2) is 6.58. The number of rotatable bonds is 2. The number of hydrogen-bond acceptors (Lipinski definition) is 7. The van der Waals surface area contributed by atoms with Crippen molar-refractivity contribution >= 4 is 22.8 Å². The SMILES string of the molecule is N#CN1CCN2CCN(c3ccc(-c4ccnc5[nH]ncc45)cn3)C(=O)[C@H]2C1. The molecule has 0 bridgehead atoms. The number of aromatic nitrogens is 4. The number of pyridine rings is 2. The largest absolute Gasteiger partial charge is 0.307 e. The molecule has 28 heavy (non-hydrogen) atoms. The predicted molar refractivity (Wildman–Crippen MR) is 102 cm³/mol. The number of nitriles is 1. The van der Waals surface area contributed by atoms with E-state index < -0.39 is 0 Å². The van der Waals surface area contributed by atoms with Crippen LogP contribution in [0.2, 0.25) is 0 Å². The summed E-state index contributed by atoms with van der Waals surface area (Å²) in [6.07, 6.45) is 7.42. The van der Waals surface area contributed by atoms with Gasteiger partial charge in [-0.1, -0.05) is 0 Å². The van der Waals surface area contributed by atoms with Gasteiger partial charge in [-0.3, -0.25) is 19.7 Å². The van der Waals surface area contributed by atoms with Gasteiger partial charge in [-0.05, 0) is 23.8 Å². The fourth-order valence-corrected chi connectivity index (χ4v) is 3.97. The summed E-state index contributed by atoms with van der Waals surface area (Å²) >= 11 is 0. The van der Waals surface area contributed by atoms with Gasteiger partial charge in [0.2, 0.25) is 5.91 Å². The van der Waals surface area contributed by atoms with Crippen LogP contribution in [0.5, 0.6) is 0 Å². The van der Waals surface area contributed by atoms with Crippen molar-refractivity contribution in [3.8, 4) is 17.3 Å². The Bertz CT molecular complexity index is 1070. The molecule has 0 aromatic carbocycles. The Labute approximate surface area is 161 Å². The van der Waals surface area contributed by atoms with Crippen molar-refractivity contribution in [1.82, 2.24) is 30.0 Å². The molecule has 0 aliphatic carbocycles. The third-order valence-electron chi connectivity index (χ3n) is 5.48. The average molecular weight is 374 g/mol. The number of aromatic amines is 1. The summed E-state index contributed by atoms with van der Waals surface area (Å²) in [5.41, 5.74) is 2.66. The van der Waals surface area contributed by atoms with E-state index in [4.69, 9.17) is 5.26 Å². The molecule has 1 atom stereocenters. The van der Waals surface area contributed by atoms with E-state index in [1.54, 1.807) is 28.4 Å². The van der Waals surface area contributed by atoms with Gasteiger partial charge in [0, 0.05) is 49.5 Å². The van der Waals surface area contributed by atoms with E-state index in [9.17, 15) is 4.79 Å². The maximum absolute atomic E-state index is 13.0. The smallest absolute Gasteiger partial charge is 0.247 e. The van der Waals surface area contributed by atoms with E-state index in [-0.39, 0.29) is 11.9 Å². The molecule has 140 valence electrons. The Kier molecular flexibility index (Phi) is 3.91. The minimum absolute atomic E-state index is 0.00702. The lowest BCUT2D eigenvalue weighted by Crippen LogP contribution is -2.64. The first kappa shape index (κ1) is 16.6. The first-order valence-corrected chi connectivity index (χ1v) is 9.19. The maximum atomic E-state index is 13.0. The number of carbonyl (C=O) groups is 1. The van der Waals surface area contributed by atoms with Crippen LogP contribution in [0.15, 0.2) is 36.8 Å². The van der Waals surface area contributed by atoms with Crippen LogP contribution in [-0.4, -0.2) is 74.6 Å². The summed E-state index contributed by atoms with van der Waals surface area (Å²) in [7, 11) is 0. The first-order valence-electron chi connectivity index (χ1n) is 9.19. The normalized spacial score (nSPS) is 20.2. The zero-order chi connectivity index (χ0) is 19.1. The summed E-state index contributed by atoms with van der Waals surface area (Å²) in [5.74, 6) is 0.646. The molecule has 0 unspecified atom stereocenters. The van der Waals surface area contributed by atoms with E-state index in [2.05, 4.69) is 31.3 Å². The molecule has 1 N–H and O–H groups in total. The number of anilines is 1. The number of piperazine rings is 2. The van der Waals surface area contributed by atoms with Crippen LogP contribution in [-0.2, 0) is 4.79 Å². The molecule has 5 rings (SSSR count). The van der Waals surface area contributed by atoms with Gasteiger partial charge in [-0.25, -0.2) is 9.97 Å². The second-order valence-corrected chi connectivity index (χ2v) is 6.98. The summed E-state index contributed by atoms with van der Waals surface area (Å²) in [4.78, 5) is 27.4. The molecule has 9 nitrogen and oxygen atoms in total. The Morgan fingerprint density at radius 3 is 2.82 bits per heavy atom. The van der Waals surface area contributed by atoms with Crippen molar-refractivity contribution in [2.75, 3.05) is 37.6 Å². The Morgan fingerprint density at radius 2 is 2.00 bits per heavy atom. The van der Waals surface area contributed by atoms with Crippen molar-refractivity contribution in [1.29, 1.82) is 5.26 Å². The fourth-order valence-electron chi connectivity index (χ4n) is 3.97. The molecule has 2 saturated heterocycles. The molecule has 0 saturated carbocycles. The number of carbonyl (C=O) groups excluding carboxylic acids is 1. The van der Waals surface area contributed by atoms with Crippen molar-refractivity contribution in [3.05, 3.63) is 36.8 Å². The summed E-state index contributed by atoms with van der Waals surface area (Å²) < 4.78 is 0. The summed E-state index contributed by atoms with van der Waals surface area (Å²) in [6, 6.07) is 5.48. The minimum atomic E-state index is -0.283. The molecule has 3 aromatic heterocycles. The Hall–Kier alpha value is -3.51. The predicted octanol–water partition coefficient (Wildman–Crippen LogP) is 0.834. The average Bonchev–Trinajstić information content (AvgIpc) is 3.23. The zero-order valence-corrected chi connectivity index (χ0v) is 15.1. The van der Waals surface area contributed by atoms with Gasteiger partial charge < -0.3 is 4.90 Å². The monoisotopic (exact) mass is 374 g/mol. The number of hydrogen-bond donors (Lipinski definition) is 1. The number of H-pyrrole nitrogens is 1. The number of nitrogens with one attached hydrogen (secondary N) is 1. The molecule has 2 aliphatic heterocycles. The molecular weight excluding hydrogens is 356 g/mol. The van der Waals surface area contributed by atoms with Crippen LogP contribution in [0, 0.1) is 11.5 Å². The zero-order valence-electron chi connectivity index (χ0n) is 15.1. The van der Waals surface area contributed by atoms with Crippen LogP contribution in [0.4, 0.5) is 5.82 Å². The standard InChI is InChI=1S/C19H18N8O/c20-12-25-5-6-26-7-8-27(19(28)16(26)11-25)17-2-1-13(9-22-17)14-3-4-21-18-15(14)10-23-24-18/h1-4,9-10,16H,5-8,11H2,(H,21,23,24)/t16-/m1/s1. The molecule has 0 spiro atoms. The Balaban J connectivity index is 1.41. The van der Waals surface area contributed by atoms with Crippen molar-refractivity contribution in [2.45, 2.75) is 6.04 Å².